The van der Waals surface area contributed by atoms with Gasteiger partial charge in [-0.3, -0.25) is 4.68 Å². The van der Waals surface area contributed by atoms with Gasteiger partial charge in [0.05, 0.1) is 5.69 Å². The van der Waals surface area contributed by atoms with Crippen LogP contribution in [0.15, 0.2) is 0 Å². The van der Waals surface area contributed by atoms with Crippen LogP contribution in [0.3, 0.4) is 0 Å². The fraction of sp³-hybridized carbons (Fsp3) is 0.556. The van der Waals surface area contributed by atoms with Gasteiger partial charge in [0.2, 0.25) is 0 Å². The van der Waals surface area contributed by atoms with E-state index < -0.39 is 5.97 Å². The smallest absolute Gasteiger partial charge is 0.356 e. The number of carboxylic acid groups (broad SMARTS) is 1. The van der Waals surface area contributed by atoms with Gasteiger partial charge in [-0.05, 0) is 13.8 Å². The molecule has 2 heterocycles. The van der Waals surface area contributed by atoms with E-state index in [1.807, 2.05) is 13.8 Å². The molecule has 0 aromatic carbocycles. The highest BCUT2D eigenvalue weighted by Gasteiger charge is 2.26. The molecule has 0 saturated heterocycles. The number of rotatable bonds is 2. The van der Waals surface area contributed by atoms with Crippen LogP contribution >= 0.6 is 0 Å². The molecule has 0 fully saturated rings. The Bertz CT molecular complexity index is 382. The summed E-state index contributed by atoms with van der Waals surface area (Å²) in [5.41, 5.74) is 2.04. The van der Waals surface area contributed by atoms with Crippen molar-refractivity contribution in [2.24, 2.45) is 0 Å². The van der Waals surface area contributed by atoms with E-state index in [0.717, 1.165) is 11.3 Å². The number of hydrogen-bond acceptors (Lipinski definition) is 3. The van der Waals surface area contributed by atoms with Gasteiger partial charge in [-0.15, -0.1) is 0 Å². The average Bonchev–Trinajstić information content (AvgIpc) is 2.59. The number of fused-ring (bicyclic) bond motifs is 1. The number of carboxylic acids is 1. The van der Waals surface area contributed by atoms with Crippen molar-refractivity contribution in [1.82, 2.24) is 15.1 Å². The van der Waals surface area contributed by atoms with Gasteiger partial charge in [0.25, 0.3) is 0 Å². The molecule has 0 aliphatic carbocycles. The topological polar surface area (TPSA) is 67.2 Å². The molecule has 5 nitrogen and oxygen atoms in total. The summed E-state index contributed by atoms with van der Waals surface area (Å²) >= 11 is 0. The first-order valence-corrected chi connectivity index (χ1v) is 4.65. The summed E-state index contributed by atoms with van der Waals surface area (Å²) in [5.74, 6) is -0.940. The van der Waals surface area contributed by atoms with Crippen molar-refractivity contribution >= 4 is 5.97 Å². The maximum Gasteiger partial charge on any atom is 0.356 e. The molecular weight excluding hydrogens is 182 g/mol. The Morgan fingerprint density at radius 2 is 2.29 bits per heavy atom. The van der Waals surface area contributed by atoms with Crippen LogP contribution in [0.5, 0.6) is 0 Å². The molecule has 5 heteroatoms. The van der Waals surface area contributed by atoms with Crippen LogP contribution in [0, 0.1) is 0 Å². The van der Waals surface area contributed by atoms with E-state index in [1.54, 1.807) is 4.68 Å². The van der Waals surface area contributed by atoms with Crippen molar-refractivity contribution in [2.75, 3.05) is 0 Å². The van der Waals surface area contributed by atoms with E-state index in [9.17, 15) is 4.79 Å². The van der Waals surface area contributed by atoms with Gasteiger partial charge in [0, 0.05) is 24.7 Å². The standard InChI is InChI=1S/C9H13N3O2/c1-5(2)12-7-4-10-3-6(7)8(11-12)9(13)14/h5,10H,3-4H2,1-2H3,(H,13,14). The fourth-order valence-electron chi connectivity index (χ4n) is 1.78. The maximum absolute atomic E-state index is 10.9. The Morgan fingerprint density at radius 3 is 2.86 bits per heavy atom. The van der Waals surface area contributed by atoms with Gasteiger partial charge in [0.15, 0.2) is 5.69 Å². The van der Waals surface area contributed by atoms with Crippen molar-refractivity contribution in [3.8, 4) is 0 Å². The first-order chi connectivity index (χ1) is 6.61. The van der Waals surface area contributed by atoms with Crippen molar-refractivity contribution < 1.29 is 9.90 Å². The molecule has 0 bridgehead atoms. The summed E-state index contributed by atoms with van der Waals surface area (Å²) in [6.45, 7) is 5.33. The Balaban J connectivity index is 2.55. The lowest BCUT2D eigenvalue weighted by atomic mass is 10.2. The van der Waals surface area contributed by atoms with Gasteiger partial charge in [-0.1, -0.05) is 0 Å². The summed E-state index contributed by atoms with van der Waals surface area (Å²) in [5, 5.41) is 16.2. The molecule has 0 unspecified atom stereocenters. The zero-order valence-electron chi connectivity index (χ0n) is 8.24. The van der Waals surface area contributed by atoms with Crippen molar-refractivity contribution in [3.63, 3.8) is 0 Å². The van der Waals surface area contributed by atoms with Gasteiger partial charge in [-0.25, -0.2) is 4.79 Å². The molecule has 1 aliphatic rings. The SMILES string of the molecule is CC(C)n1nc(C(=O)O)c2c1CNC2. The van der Waals surface area contributed by atoms with Crippen LogP contribution in [-0.2, 0) is 13.1 Å². The molecule has 0 atom stereocenters. The molecule has 0 amide bonds. The first-order valence-electron chi connectivity index (χ1n) is 4.65. The monoisotopic (exact) mass is 195 g/mol. The Hall–Kier alpha value is -1.36. The second kappa shape index (κ2) is 3.09. The summed E-state index contributed by atoms with van der Waals surface area (Å²) in [6.07, 6.45) is 0. The Morgan fingerprint density at radius 1 is 1.57 bits per heavy atom. The van der Waals surface area contributed by atoms with Crippen molar-refractivity contribution in [2.45, 2.75) is 33.0 Å². The van der Waals surface area contributed by atoms with E-state index in [4.69, 9.17) is 5.11 Å². The zero-order chi connectivity index (χ0) is 10.3. The van der Waals surface area contributed by atoms with Crippen LogP contribution in [0.1, 0.15) is 41.6 Å². The molecule has 0 radical (unpaired) electrons. The Kier molecular flexibility index (Phi) is 2.03. The predicted molar refractivity (Wildman–Crippen MR) is 50.1 cm³/mol. The molecule has 2 rings (SSSR count). The maximum atomic E-state index is 10.9. The predicted octanol–water partition coefficient (Wildman–Crippen LogP) is 0.765. The fourth-order valence-corrected chi connectivity index (χ4v) is 1.78. The quantitative estimate of drug-likeness (QED) is 0.731. The summed E-state index contributed by atoms with van der Waals surface area (Å²) in [7, 11) is 0. The molecule has 1 aromatic rings. The van der Waals surface area contributed by atoms with Crippen molar-refractivity contribution in [1.29, 1.82) is 0 Å². The van der Waals surface area contributed by atoms with E-state index in [0.29, 0.717) is 13.1 Å². The average molecular weight is 195 g/mol. The van der Waals surface area contributed by atoms with Crippen LogP contribution in [-0.4, -0.2) is 20.9 Å². The minimum absolute atomic E-state index is 0.193. The lowest BCUT2D eigenvalue weighted by Gasteiger charge is -2.08. The number of hydrogen-bond donors (Lipinski definition) is 2. The highest BCUT2D eigenvalue weighted by atomic mass is 16.4. The van der Waals surface area contributed by atoms with E-state index >= 15 is 0 Å². The minimum atomic E-state index is -0.940. The molecule has 2 N–H and O–H groups in total. The van der Waals surface area contributed by atoms with Crippen LogP contribution < -0.4 is 5.32 Å². The summed E-state index contributed by atoms with van der Waals surface area (Å²) < 4.78 is 1.79. The minimum Gasteiger partial charge on any atom is -0.476 e. The number of nitrogens with one attached hydrogen (secondary N) is 1. The Labute approximate surface area is 81.7 Å². The second-order valence-electron chi connectivity index (χ2n) is 3.72. The second-order valence-corrected chi connectivity index (χ2v) is 3.72. The van der Waals surface area contributed by atoms with Crippen molar-refractivity contribution in [3.05, 3.63) is 17.0 Å². The zero-order valence-corrected chi connectivity index (χ0v) is 8.24. The van der Waals surface area contributed by atoms with E-state index in [-0.39, 0.29) is 11.7 Å². The lowest BCUT2D eigenvalue weighted by Crippen LogP contribution is -2.12. The van der Waals surface area contributed by atoms with Crippen LogP contribution in [0.2, 0.25) is 0 Å². The molecule has 0 spiro atoms. The molecular formula is C9H13N3O2. The molecule has 14 heavy (non-hydrogen) atoms. The number of aromatic carboxylic acids is 1. The van der Waals surface area contributed by atoms with Gasteiger partial charge >= 0.3 is 5.97 Å². The van der Waals surface area contributed by atoms with Crippen LogP contribution in [0.4, 0.5) is 0 Å². The van der Waals surface area contributed by atoms with Gasteiger partial charge in [0.1, 0.15) is 0 Å². The highest BCUT2D eigenvalue weighted by Crippen LogP contribution is 2.22. The van der Waals surface area contributed by atoms with Gasteiger partial charge in [-0.2, -0.15) is 5.10 Å². The highest BCUT2D eigenvalue weighted by molar-refractivity contribution is 5.87. The molecule has 1 aliphatic heterocycles. The number of aromatic nitrogens is 2. The number of carbonyl (C=O) groups is 1. The van der Waals surface area contributed by atoms with E-state index in [1.165, 1.54) is 0 Å². The summed E-state index contributed by atoms with van der Waals surface area (Å²) in [4.78, 5) is 10.9. The third kappa shape index (κ3) is 1.21. The lowest BCUT2D eigenvalue weighted by molar-refractivity contribution is 0.0688. The first kappa shape index (κ1) is 9.21. The van der Waals surface area contributed by atoms with E-state index in [2.05, 4.69) is 10.4 Å². The number of nitrogens with zero attached hydrogens (tertiary/aromatic N) is 2. The molecule has 1 aromatic heterocycles. The summed E-state index contributed by atoms with van der Waals surface area (Å²) in [6, 6.07) is 0.205. The third-order valence-electron chi connectivity index (χ3n) is 2.40. The molecule has 76 valence electrons. The third-order valence-corrected chi connectivity index (χ3v) is 2.40. The van der Waals surface area contributed by atoms with Crippen LogP contribution in [0.25, 0.3) is 0 Å². The normalized spacial score (nSPS) is 14.8. The molecule has 0 saturated carbocycles. The largest absolute Gasteiger partial charge is 0.476 e. The van der Waals surface area contributed by atoms with Gasteiger partial charge < -0.3 is 10.4 Å².